The number of esters is 1. The molecule has 7 aliphatic rings. The average molecular weight is 625 g/mol. The van der Waals surface area contributed by atoms with Crippen molar-refractivity contribution in [1.82, 2.24) is 5.32 Å². The maximum Gasteiger partial charge on any atom is 0.305 e. The Hall–Kier alpha value is -4.78. The lowest BCUT2D eigenvalue weighted by molar-refractivity contribution is -0.140. The number of carbonyl (C=O) groups excluding carboxylic acids is 1. The Labute approximate surface area is 276 Å². The monoisotopic (exact) mass is 624 g/mol. The number of methoxy groups -OCH3 is 1. The van der Waals surface area contributed by atoms with Crippen LogP contribution in [-0.4, -0.2) is 35.3 Å². The van der Waals surface area contributed by atoms with Crippen LogP contribution in [0.5, 0.6) is 0 Å². The van der Waals surface area contributed by atoms with Gasteiger partial charge in [-0.2, -0.15) is 0 Å². The highest BCUT2D eigenvalue weighted by molar-refractivity contribution is 6.35. The van der Waals surface area contributed by atoms with Gasteiger partial charge in [0, 0.05) is 63.9 Å². The molecule has 8 rings (SSSR count). The normalized spacial score (nSPS) is 24.6. The predicted octanol–water partition coefficient (Wildman–Crippen LogP) is 8.30. The van der Waals surface area contributed by atoms with Gasteiger partial charge in [0.15, 0.2) is 0 Å². The minimum Gasteiger partial charge on any atom is -0.511 e. The number of aliphatic hydroxyl groups excluding tert-OH is 1. The van der Waals surface area contributed by atoms with Crippen molar-refractivity contribution in [2.24, 2.45) is 26.8 Å². The third-order valence-corrected chi connectivity index (χ3v) is 11.1. The zero-order valence-corrected chi connectivity index (χ0v) is 28.0. The van der Waals surface area contributed by atoms with Crippen molar-refractivity contribution in [3.63, 3.8) is 0 Å². The lowest BCUT2D eigenvalue weighted by Gasteiger charge is -2.19. The molecule has 238 valence electrons. The van der Waals surface area contributed by atoms with Crippen LogP contribution in [0.25, 0.3) is 5.57 Å². The number of carbonyl (C=O) groups is 1. The van der Waals surface area contributed by atoms with Crippen molar-refractivity contribution < 1.29 is 14.6 Å². The Morgan fingerprint density at radius 1 is 0.915 bits per heavy atom. The lowest BCUT2D eigenvalue weighted by atomic mass is 9.83. The molecule has 1 aromatic rings. The zero-order chi connectivity index (χ0) is 32.7. The van der Waals surface area contributed by atoms with Gasteiger partial charge in [-0.05, 0) is 80.4 Å². The highest BCUT2D eigenvalue weighted by Gasteiger charge is 2.43. The van der Waals surface area contributed by atoms with E-state index in [-0.39, 0.29) is 17.8 Å². The number of rotatable bonds is 5. The molecule has 7 nitrogen and oxygen atoms in total. The van der Waals surface area contributed by atoms with Gasteiger partial charge in [-0.15, -0.1) is 0 Å². The van der Waals surface area contributed by atoms with Gasteiger partial charge in [-0.3, -0.25) is 4.79 Å². The first-order valence-corrected chi connectivity index (χ1v) is 16.8. The minimum absolute atomic E-state index is 0.00469. The molecule has 47 heavy (non-hydrogen) atoms. The highest BCUT2D eigenvalue weighted by Crippen LogP contribution is 2.50. The van der Waals surface area contributed by atoms with Gasteiger partial charge in [0.1, 0.15) is 5.76 Å². The summed E-state index contributed by atoms with van der Waals surface area (Å²) in [5, 5.41) is 15.3. The van der Waals surface area contributed by atoms with E-state index in [1.807, 2.05) is 12.1 Å². The van der Waals surface area contributed by atoms with Crippen molar-refractivity contribution >= 4 is 28.7 Å². The molecule has 2 atom stereocenters. The SMILES string of the molecule is CCC1=C(C)C2=NC1=C(C)C1=CC3=C(O)CC(=C4NC(=C(c5ccccc5)C5=NC6=C2CCC6=C5C)[C@@H](C)[C@@H]4CCC(=O)OC)C3=N1. The van der Waals surface area contributed by atoms with Gasteiger partial charge in [0.05, 0.1) is 41.3 Å². The maximum atomic E-state index is 12.5. The number of nitrogens with one attached hydrogen (secondary N) is 1. The van der Waals surface area contributed by atoms with Gasteiger partial charge >= 0.3 is 5.97 Å². The van der Waals surface area contributed by atoms with Gasteiger partial charge in [0.25, 0.3) is 0 Å². The van der Waals surface area contributed by atoms with Crippen molar-refractivity contribution in [2.45, 2.75) is 73.1 Å². The Morgan fingerprint density at radius 3 is 2.40 bits per heavy atom. The van der Waals surface area contributed by atoms with E-state index in [1.54, 1.807) is 0 Å². The molecular weight excluding hydrogens is 584 g/mol. The van der Waals surface area contributed by atoms with Crippen molar-refractivity contribution in [1.29, 1.82) is 0 Å². The molecule has 0 radical (unpaired) electrons. The molecule has 2 N–H and O–H groups in total. The summed E-state index contributed by atoms with van der Waals surface area (Å²) < 4.78 is 5.07. The molecule has 1 saturated heterocycles. The number of fused-ring (bicyclic) bond motifs is 5. The molecule has 5 heterocycles. The molecule has 1 fully saturated rings. The second-order valence-corrected chi connectivity index (χ2v) is 13.5. The number of allylic oxidation sites excluding steroid dienone is 12. The number of benzene rings is 1. The van der Waals surface area contributed by atoms with E-state index >= 15 is 0 Å². The molecule has 0 aromatic heterocycles. The van der Waals surface area contributed by atoms with Crippen molar-refractivity contribution in [2.75, 3.05) is 7.11 Å². The number of hydrogen-bond acceptors (Lipinski definition) is 7. The van der Waals surface area contributed by atoms with Gasteiger partial charge in [-0.25, -0.2) is 15.0 Å². The molecule has 5 aliphatic heterocycles. The second kappa shape index (κ2) is 10.9. The van der Waals surface area contributed by atoms with E-state index in [0.717, 1.165) is 92.7 Å². The predicted molar refractivity (Wildman–Crippen MR) is 187 cm³/mol. The molecule has 0 spiro atoms. The Balaban J connectivity index is 1.45. The van der Waals surface area contributed by atoms with Crippen LogP contribution >= 0.6 is 0 Å². The maximum absolute atomic E-state index is 12.5. The first-order valence-electron chi connectivity index (χ1n) is 16.8. The lowest BCUT2D eigenvalue weighted by Crippen LogP contribution is -2.16. The van der Waals surface area contributed by atoms with Crippen molar-refractivity contribution in [3.8, 4) is 0 Å². The standard InChI is InChI=1S/C40H40N4O3/c1-7-24-19(2)34-27-14-13-25-20(3)36(43-38(25)27)33(23-11-9-8-10-12-23)37-21(4)26(15-16-32(46)47-6)39(44-37)29-18-31(45)28-17-30(41-40(28)29)22(5)35(24)42-34/h8-12,17,21,26,44-45H,7,13-16,18H2,1-6H3/t21-,26-/m0/s1. The van der Waals surface area contributed by atoms with Crippen LogP contribution in [0.1, 0.15) is 78.7 Å². The summed E-state index contributed by atoms with van der Waals surface area (Å²) in [7, 11) is 1.44. The molecule has 2 aliphatic carbocycles. The van der Waals surface area contributed by atoms with E-state index in [9.17, 15) is 9.90 Å². The summed E-state index contributed by atoms with van der Waals surface area (Å²) >= 11 is 0. The fourth-order valence-electron chi connectivity index (χ4n) is 8.54. The molecule has 0 saturated carbocycles. The molecule has 7 heteroatoms. The molecular formula is C40H40N4O3. The van der Waals surface area contributed by atoms with Crippen LogP contribution in [0.3, 0.4) is 0 Å². The van der Waals surface area contributed by atoms with E-state index in [4.69, 9.17) is 19.7 Å². The highest BCUT2D eigenvalue weighted by atomic mass is 16.5. The number of aliphatic imine (C=N–C) groups is 3. The largest absolute Gasteiger partial charge is 0.511 e. The Bertz CT molecular complexity index is 2050. The number of ether oxygens (including phenoxy) is 1. The molecule has 0 unspecified atom stereocenters. The summed E-state index contributed by atoms with van der Waals surface area (Å²) in [5.74, 6) is 0.144. The van der Waals surface area contributed by atoms with Gasteiger partial charge in [0.2, 0.25) is 0 Å². The van der Waals surface area contributed by atoms with Crippen LogP contribution < -0.4 is 5.32 Å². The van der Waals surface area contributed by atoms with Crippen molar-refractivity contribution in [3.05, 3.63) is 121 Å². The summed E-state index contributed by atoms with van der Waals surface area (Å²) in [6, 6.07) is 10.5. The third kappa shape index (κ3) is 4.31. The summed E-state index contributed by atoms with van der Waals surface area (Å²) in [6.45, 7) is 10.9. The quantitative estimate of drug-likeness (QED) is 0.322. The Kier molecular flexibility index (Phi) is 6.87. The summed E-state index contributed by atoms with van der Waals surface area (Å²) in [5.41, 5.74) is 19.0. The minimum atomic E-state index is -0.224. The molecule has 8 bridgehead atoms. The smallest absolute Gasteiger partial charge is 0.305 e. The van der Waals surface area contributed by atoms with Crippen LogP contribution in [0, 0.1) is 11.8 Å². The van der Waals surface area contributed by atoms with E-state index in [2.05, 4.69) is 64.2 Å². The molecule has 0 amide bonds. The van der Waals surface area contributed by atoms with Gasteiger partial charge in [-0.1, -0.05) is 44.2 Å². The van der Waals surface area contributed by atoms with Crippen LogP contribution in [0.15, 0.2) is 130 Å². The van der Waals surface area contributed by atoms with Crippen LogP contribution in [0.4, 0.5) is 0 Å². The summed E-state index contributed by atoms with van der Waals surface area (Å²) in [6.07, 6.45) is 6.06. The average Bonchev–Trinajstić information content (AvgIpc) is 3.91. The first-order chi connectivity index (χ1) is 22.7. The van der Waals surface area contributed by atoms with Crippen LogP contribution in [0.2, 0.25) is 0 Å². The summed E-state index contributed by atoms with van der Waals surface area (Å²) in [4.78, 5) is 28.5. The second-order valence-electron chi connectivity index (χ2n) is 13.5. The molecule has 1 aromatic carbocycles. The number of hydrogen-bond donors (Lipinski definition) is 2. The number of aliphatic hydroxyl groups is 1. The van der Waals surface area contributed by atoms with E-state index < -0.39 is 0 Å². The first kappa shape index (κ1) is 29.6. The third-order valence-electron chi connectivity index (χ3n) is 11.1. The fourth-order valence-corrected chi connectivity index (χ4v) is 8.54. The fraction of sp³-hybridized carbons (Fsp3) is 0.350. The topological polar surface area (TPSA) is 95.6 Å². The zero-order valence-electron chi connectivity index (χ0n) is 28.0. The van der Waals surface area contributed by atoms with Gasteiger partial charge < -0.3 is 15.2 Å². The number of nitrogens with zero attached hydrogens (tertiary/aromatic N) is 3. The van der Waals surface area contributed by atoms with Crippen LogP contribution in [-0.2, 0) is 9.53 Å². The van der Waals surface area contributed by atoms with E-state index in [0.29, 0.717) is 25.0 Å². The Morgan fingerprint density at radius 2 is 1.66 bits per heavy atom. The van der Waals surface area contributed by atoms with E-state index in [1.165, 1.54) is 35.0 Å².